The molecule has 0 saturated heterocycles. The Balaban J connectivity index is 0.868. The molecular weight excluding hydrogens is 845 g/mol. The van der Waals surface area contributed by atoms with Crippen LogP contribution in [0.4, 0.5) is 11.4 Å². The second-order valence-electron chi connectivity index (χ2n) is 16.7. The number of benzene rings is 7. The van der Waals surface area contributed by atoms with E-state index in [-0.39, 0.29) is 12.2 Å². The lowest BCUT2D eigenvalue weighted by atomic mass is 10.1. The van der Waals surface area contributed by atoms with Crippen molar-refractivity contribution in [3.05, 3.63) is 181 Å². The Morgan fingerprint density at radius 3 is 1.28 bits per heavy atom. The van der Waals surface area contributed by atoms with Crippen molar-refractivity contribution >= 4 is 67.4 Å². The molecule has 0 aliphatic rings. The summed E-state index contributed by atoms with van der Waals surface area (Å²) >= 11 is 0. The van der Waals surface area contributed by atoms with Gasteiger partial charge in [-0.15, -0.1) is 0 Å². The highest BCUT2D eigenvalue weighted by molar-refractivity contribution is 6.10. The van der Waals surface area contributed by atoms with Crippen LogP contribution >= 0.6 is 0 Å². The summed E-state index contributed by atoms with van der Waals surface area (Å²) in [5, 5.41) is 19.0. The molecule has 2 unspecified atom stereocenters. The molecular formula is C58H60N6O4. The van der Waals surface area contributed by atoms with Crippen molar-refractivity contribution in [1.82, 2.24) is 9.13 Å². The molecule has 0 aliphatic carbocycles. The third-order valence-corrected chi connectivity index (χ3v) is 12.3. The van der Waals surface area contributed by atoms with E-state index in [0.29, 0.717) is 51.0 Å². The third kappa shape index (κ3) is 10.4. The average molecular weight is 905 g/mol. The topological polar surface area (TPSA) is 78.0 Å². The number of para-hydroxylation sites is 4. The number of hydrogen-bond acceptors (Lipinski definition) is 8. The van der Waals surface area contributed by atoms with E-state index < -0.39 is 0 Å². The molecule has 0 N–H and O–H groups in total. The summed E-state index contributed by atoms with van der Waals surface area (Å²) in [5.74, 6) is 1.37. The first-order valence-electron chi connectivity index (χ1n) is 23.9. The molecule has 10 nitrogen and oxygen atoms in total. The average Bonchev–Trinajstić information content (AvgIpc) is 3.89. The van der Waals surface area contributed by atoms with Crippen LogP contribution < -0.4 is 19.5 Å². The van der Waals surface area contributed by atoms with E-state index in [0.717, 1.165) is 35.6 Å². The highest BCUT2D eigenvalue weighted by atomic mass is 16.5. The van der Waals surface area contributed by atoms with Crippen molar-refractivity contribution in [3.8, 4) is 11.5 Å². The molecule has 0 saturated carbocycles. The SMILES string of the molecule is CCOC(COc1cccc(OCC(CN(N=Cc2ccc3c(c2)c2ccccc2n3CC)c2ccccc2)OCC)c1)CN(N=Cc1ccc2c(c1)c1ccccc1n2CC)c1ccccc1. The van der Waals surface area contributed by atoms with Gasteiger partial charge in [0.05, 0.1) is 36.9 Å². The first-order valence-corrected chi connectivity index (χ1v) is 23.9. The highest BCUT2D eigenvalue weighted by Crippen LogP contribution is 2.31. The summed E-state index contributed by atoms with van der Waals surface area (Å²) in [7, 11) is 0. The van der Waals surface area contributed by atoms with Gasteiger partial charge in [-0.3, -0.25) is 10.0 Å². The third-order valence-electron chi connectivity index (χ3n) is 12.3. The second kappa shape index (κ2) is 21.9. The number of rotatable bonds is 22. The van der Waals surface area contributed by atoms with Gasteiger partial charge in [0, 0.05) is 76.0 Å². The second-order valence-corrected chi connectivity index (χ2v) is 16.7. The van der Waals surface area contributed by atoms with E-state index in [1.54, 1.807) is 0 Å². The first-order chi connectivity index (χ1) is 33.5. The number of ether oxygens (including phenoxy) is 4. The molecule has 0 fully saturated rings. The van der Waals surface area contributed by atoms with Crippen molar-refractivity contribution in [2.75, 3.05) is 49.5 Å². The largest absolute Gasteiger partial charge is 0.491 e. The van der Waals surface area contributed by atoms with Gasteiger partial charge in [0.2, 0.25) is 0 Å². The Bertz CT molecular complexity index is 2920. The fourth-order valence-corrected chi connectivity index (χ4v) is 9.09. The molecule has 68 heavy (non-hydrogen) atoms. The lowest BCUT2D eigenvalue weighted by Crippen LogP contribution is -2.35. The fourth-order valence-electron chi connectivity index (χ4n) is 9.09. The van der Waals surface area contributed by atoms with E-state index in [1.165, 1.54) is 43.6 Å². The maximum Gasteiger partial charge on any atom is 0.123 e. The Hall–Kier alpha value is -7.40. The number of aryl methyl sites for hydroxylation is 2. The molecule has 0 spiro atoms. The normalized spacial score (nSPS) is 12.8. The maximum atomic E-state index is 6.43. The molecule has 9 aromatic rings. The Kier molecular flexibility index (Phi) is 14.8. The summed E-state index contributed by atoms with van der Waals surface area (Å²) < 4.78 is 30.1. The first kappa shape index (κ1) is 45.7. The van der Waals surface area contributed by atoms with Gasteiger partial charge in [-0.05, 0) is 112 Å². The number of anilines is 2. The van der Waals surface area contributed by atoms with Crippen LogP contribution in [0.25, 0.3) is 43.6 Å². The zero-order valence-electron chi connectivity index (χ0n) is 39.4. The molecule has 2 heterocycles. The van der Waals surface area contributed by atoms with Crippen molar-refractivity contribution in [1.29, 1.82) is 0 Å². The number of aromatic nitrogens is 2. The lowest BCUT2D eigenvalue weighted by molar-refractivity contribution is 0.0306. The maximum absolute atomic E-state index is 6.43. The quantitative estimate of drug-likeness (QED) is 0.0498. The molecule has 0 amide bonds. The molecule has 9 rings (SSSR count). The van der Waals surface area contributed by atoms with E-state index >= 15 is 0 Å². The molecule has 0 bridgehead atoms. The number of hydrogen-bond donors (Lipinski definition) is 0. The lowest BCUT2D eigenvalue weighted by Gasteiger charge is -2.26. The Morgan fingerprint density at radius 2 is 0.853 bits per heavy atom. The van der Waals surface area contributed by atoms with Crippen molar-refractivity contribution in [2.45, 2.75) is 53.0 Å². The Morgan fingerprint density at radius 1 is 0.441 bits per heavy atom. The smallest absolute Gasteiger partial charge is 0.123 e. The monoisotopic (exact) mass is 904 g/mol. The van der Waals surface area contributed by atoms with Gasteiger partial charge in [-0.1, -0.05) is 91.0 Å². The fraction of sp³-hybridized carbons (Fsp3) is 0.241. The summed E-state index contributed by atoms with van der Waals surface area (Å²) in [4.78, 5) is 0. The van der Waals surface area contributed by atoms with E-state index in [4.69, 9.17) is 29.2 Å². The summed E-state index contributed by atoms with van der Waals surface area (Å²) in [6, 6.07) is 58.4. The van der Waals surface area contributed by atoms with Gasteiger partial charge >= 0.3 is 0 Å². The molecule has 0 aliphatic heterocycles. The minimum Gasteiger partial charge on any atom is -0.491 e. The standard InChI is InChI=1S/C58H60N6O4/c1-5-61-55-28-17-15-26-51(55)53-34-43(30-32-57(53)61)37-59-63(45-20-11-9-12-21-45)39-49(65-7-3)41-67-47-24-19-25-48(36-47)68-42-50(66-8-4)40-64(46-22-13-10-14-23-46)60-38-44-31-33-58-54(35-44)52-27-16-18-29-56(52)62(58)6-2/h9-38,49-50H,5-8,39-42H2,1-4H3. The van der Waals surface area contributed by atoms with Crippen molar-refractivity contribution in [2.24, 2.45) is 10.2 Å². The molecule has 2 atom stereocenters. The van der Waals surface area contributed by atoms with Crippen molar-refractivity contribution < 1.29 is 18.9 Å². The van der Waals surface area contributed by atoms with Gasteiger partial charge in [0.25, 0.3) is 0 Å². The molecule has 346 valence electrons. The zero-order chi connectivity index (χ0) is 46.7. The van der Waals surface area contributed by atoms with Gasteiger partial charge in [0.15, 0.2) is 0 Å². The number of hydrazone groups is 2. The minimum absolute atomic E-state index is 0.280. The van der Waals surface area contributed by atoms with Gasteiger partial charge in [0.1, 0.15) is 36.9 Å². The number of nitrogens with zero attached hydrogens (tertiary/aromatic N) is 6. The van der Waals surface area contributed by atoms with Crippen LogP contribution in [0.2, 0.25) is 0 Å². The highest BCUT2D eigenvalue weighted by Gasteiger charge is 2.19. The van der Waals surface area contributed by atoms with Crippen LogP contribution in [0.15, 0.2) is 180 Å². The van der Waals surface area contributed by atoms with Crippen LogP contribution in [0.1, 0.15) is 38.8 Å². The molecule has 2 aromatic heterocycles. The zero-order valence-corrected chi connectivity index (χ0v) is 39.4. The summed E-state index contributed by atoms with van der Waals surface area (Å²) in [5.41, 5.74) is 8.90. The van der Waals surface area contributed by atoms with E-state index in [9.17, 15) is 0 Å². The predicted octanol–water partition coefficient (Wildman–Crippen LogP) is 12.6. The van der Waals surface area contributed by atoms with Gasteiger partial charge in [-0.2, -0.15) is 10.2 Å². The van der Waals surface area contributed by atoms with Crippen LogP contribution in [-0.2, 0) is 22.6 Å². The summed E-state index contributed by atoms with van der Waals surface area (Å²) in [6.45, 7) is 12.9. The van der Waals surface area contributed by atoms with Crippen LogP contribution in [-0.4, -0.2) is 73.3 Å². The van der Waals surface area contributed by atoms with Crippen LogP contribution in [0, 0.1) is 0 Å². The minimum atomic E-state index is -0.280. The van der Waals surface area contributed by atoms with E-state index in [1.807, 2.05) is 97.0 Å². The molecule has 7 aromatic carbocycles. The molecule has 0 radical (unpaired) electrons. The summed E-state index contributed by atoms with van der Waals surface area (Å²) in [6.07, 6.45) is 3.31. The van der Waals surface area contributed by atoms with Crippen LogP contribution in [0.3, 0.4) is 0 Å². The van der Waals surface area contributed by atoms with Gasteiger partial charge in [-0.25, -0.2) is 0 Å². The van der Waals surface area contributed by atoms with Crippen molar-refractivity contribution in [3.63, 3.8) is 0 Å². The van der Waals surface area contributed by atoms with Gasteiger partial charge < -0.3 is 28.1 Å². The molecule has 10 heteroatoms. The Labute approximate surface area is 399 Å². The van der Waals surface area contributed by atoms with Crippen LogP contribution in [0.5, 0.6) is 11.5 Å². The predicted molar refractivity (Wildman–Crippen MR) is 281 cm³/mol. The van der Waals surface area contributed by atoms with E-state index in [2.05, 4.69) is 132 Å². The number of fused-ring (bicyclic) bond motifs is 6.